The molecule has 63 heavy (non-hydrogen) atoms. The largest absolute Gasteiger partial charge is 0.462 e. The van der Waals surface area contributed by atoms with Crippen LogP contribution >= 0.6 is 0 Å². The van der Waals surface area contributed by atoms with E-state index in [0.29, 0.717) is 19.3 Å². The Balaban J connectivity index is 4.37. The third-order valence-electron chi connectivity index (χ3n) is 12.1. The van der Waals surface area contributed by atoms with Gasteiger partial charge in [-0.1, -0.05) is 231 Å². The Kier molecular flexibility index (Phi) is 50.3. The lowest BCUT2D eigenvalue weighted by Gasteiger charge is -2.18. The fraction of sp³-hybridized carbons (Fsp3) is 0.842. The molecule has 6 heteroatoms. The predicted molar refractivity (Wildman–Crippen MR) is 270 cm³/mol. The maximum atomic E-state index is 12.8. The first-order chi connectivity index (χ1) is 31.0. The van der Waals surface area contributed by atoms with Crippen molar-refractivity contribution in [2.75, 3.05) is 13.2 Å². The van der Waals surface area contributed by atoms with Crippen molar-refractivity contribution in [2.45, 2.75) is 297 Å². The molecule has 0 saturated carbocycles. The van der Waals surface area contributed by atoms with E-state index in [1.807, 2.05) is 0 Å². The van der Waals surface area contributed by atoms with Crippen molar-refractivity contribution in [3.63, 3.8) is 0 Å². The summed E-state index contributed by atoms with van der Waals surface area (Å²) in [6.45, 7) is 6.62. The molecule has 0 saturated heterocycles. The van der Waals surface area contributed by atoms with Gasteiger partial charge in [-0.2, -0.15) is 0 Å². The fourth-order valence-corrected chi connectivity index (χ4v) is 7.94. The van der Waals surface area contributed by atoms with Crippen LogP contribution in [-0.4, -0.2) is 37.2 Å². The molecule has 0 aromatic rings. The molecule has 0 spiro atoms. The van der Waals surface area contributed by atoms with Crippen LogP contribution in [0.3, 0.4) is 0 Å². The van der Waals surface area contributed by atoms with Crippen LogP contribution in [0, 0.1) is 0 Å². The lowest BCUT2D eigenvalue weighted by Crippen LogP contribution is -2.30. The third-order valence-corrected chi connectivity index (χ3v) is 12.1. The van der Waals surface area contributed by atoms with E-state index >= 15 is 0 Å². The average molecular weight is 885 g/mol. The minimum absolute atomic E-state index is 0.0779. The first kappa shape index (κ1) is 60.6. The first-order valence-corrected chi connectivity index (χ1v) is 27.5. The van der Waals surface area contributed by atoms with Gasteiger partial charge >= 0.3 is 17.9 Å². The zero-order valence-corrected chi connectivity index (χ0v) is 42.1. The molecule has 0 heterocycles. The van der Waals surface area contributed by atoms with Gasteiger partial charge in [-0.3, -0.25) is 14.4 Å². The Morgan fingerprint density at radius 2 is 0.571 bits per heavy atom. The Hall–Kier alpha value is -2.37. The zero-order valence-electron chi connectivity index (χ0n) is 42.1. The van der Waals surface area contributed by atoms with E-state index in [-0.39, 0.29) is 31.1 Å². The number of esters is 3. The lowest BCUT2D eigenvalue weighted by atomic mass is 10.0. The molecule has 0 rings (SSSR count). The Labute approximate surface area is 391 Å². The van der Waals surface area contributed by atoms with Crippen LogP contribution in [0.1, 0.15) is 290 Å². The highest BCUT2D eigenvalue weighted by Crippen LogP contribution is 2.16. The standard InChI is InChI=1S/C57H104O6/c1-4-7-10-13-16-19-22-25-27-28-30-32-35-38-41-44-47-50-56(59)62-53-54(52-61-55(58)49-46-43-40-37-34-31-24-21-18-15-12-9-6-3)63-57(60)51-48-45-42-39-36-33-29-26-23-20-17-14-11-8-5-2/h16,19,25,27,31,34,54H,4-15,17-18,20-24,26,28-30,32-33,35-53H2,1-3H3/b19-16-,27-25-,34-31-. The molecule has 6 nitrogen and oxygen atoms in total. The van der Waals surface area contributed by atoms with E-state index in [0.717, 1.165) is 83.5 Å². The quantitative estimate of drug-likeness (QED) is 0.0262. The number of carbonyl (C=O) groups excluding carboxylic acids is 3. The second-order valence-corrected chi connectivity index (χ2v) is 18.5. The summed E-state index contributed by atoms with van der Waals surface area (Å²) in [5.41, 5.74) is 0. The molecule has 0 bridgehead atoms. The van der Waals surface area contributed by atoms with E-state index < -0.39 is 6.10 Å². The lowest BCUT2D eigenvalue weighted by molar-refractivity contribution is -0.167. The fourth-order valence-electron chi connectivity index (χ4n) is 7.94. The van der Waals surface area contributed by atoms with Gasteiger partial charge in [-0.15, -0.1) is 0 Å². The molecule has 0 aromatic heterocycles. The predicted octanol–water partition coefficient (Wildman–Crippen LogP) is 18.1. The van der Waals surface area contributed by atoms with Crippen LogP contribution in [0.2, 0.25) is 0 Å². The van der Waals surface area contributed by atoms with Crippen LogP contribution in [0.25, 0.3) is 0 Å². The smallest absolute Gasteiger partial charge is 0.306 e. The SMILES string of the molecule is CCCCC/C=C\C/C=C\CCCCCCCCCC(=O)OCC(COC(=O)CCCCC/C=C\CCCCCCCC)OC(=O)CCCCCCCCCCCCCCCCC. The van der Waals surface area contributed by atoms with Crippen LogP contribution in [0.5, 0.6) is 0 Å². The number of allylic oxidation sites excluding steroid dienone is 6. The molecule has 0 amide bonds. The third kappa shape index (κ3) is 50.5. The number of rotatable bonds is 50. The first-order valence-electron chi connectivity index (χ1n) is 27.5. The molecule has 0 aliphatic carbocycles. The summed E-state index contributed by atoms with van der Waals surface area (Å²) in [4.78, 5) is 38.0. The summed E-state index contributed by atoms with van der Waals surface area (Å²) >= 11 is 0. The van der Waals surface area contributed by atoms with Crippen molar-refractivity contribution >= 4 is 17.9 Å². The van der Waals surface area contributed by atoms with Crippen LogP contribution in [0.15, 0.2) is 36.5 Å². The molecule has 0 aliphatic heterocycles. The van der Waals surface area contributed by atoms with Gasteiger partial charge in [0, 0.05) is 19.3 Å². The Bertz CT molecular complexity index is 1060. The molecule has 368 valence electrons. The molecule has 1 unspecified atom stereocenters. The van der Waals surface area contributed by atoms with Crippen molar-refractivity contribution in [2.24, 2.45) is 0 Å². The highest BCUT2D eigenvalue weighted by molar-refractivity contribution is 5.71. The highest BCUT2D eigenvalue weighted by Gasteiger charge is 2.19. The number of hydrogen-bond donors (Lipinski definition) is 0. The van der Waals surface area contributed by atoms with Crippen molar-refractivity contribution in [3.8, 4) is 0 Å². The zero-order chi connectivity index (χ0) is 45.8. The van der Waals surface area contributed by atoms with E-state index in [1.54, 1.807) is 0 Å². The van der Waals surface area contributed by atoms with Crippen molar-refractivity contribution in [1.82, 2.24) is 0 Å². The van der Waals surface area contributed by atoms with Gasteiger partial charge in [-0.25, -0.2) is 0 Å². The normalized spacial score (nSPS) is 12.2. The number of carbonyl (C=O) groups is 3. The molecule has 1 atom stereocenters. The molecule has 0 fully saturated rings. The summed E-state index contributed by atoms with van der Waals surface area (Å²) in [6.07, 6.45) is 61.2. The summed E-state index contributed by atoms with van der Waals surface area (Å²) < 4.78 is 16.8. The number of hydrogen-bond acceptors (Lipinski definition) is 6. The molecular formula is C57H104O6. The van der Waals surface area contributed by atoms with Crippen LogP contribution in [-0.2, 0) is 28.6 Å². The summed E-state index contributed by atoms with van der Waals surface area (Å²) in [7, 11) is 0. The minimum Gasteiger partial charge on any atom is -0.462 e. The summed E-state index contributed by atoms with van der Waals surface area (Å²) in [5.74, 6) is -0.887. The maximum Gasteiger partial charge on any atom is 0.306 e. The monoisotopic (exact) mass is 885 g/mol. The van der Waals surface area contributed by atoms with Crippen molar-refractivity contribution in [1.29, 1.82) is 0 Å². The molecule has 0 N–H and O–H groups in total. The van der Waals surface area contributed by atoms with Crippen LogP contribution < -0.4 is 0 Å². The van der Waals surface area contributed by atoms with Crippen LogP contribution in [0.4, 0.5) is 0 Å². The van der Waals surface area contributed by atoms with Gasteiger partial charge in [0.2, 0.25) is 0 Å². The molecular weight excluding hydrogens is 781 g/mol. The topological polar surface area (TPSA) is 78.9 Å². The van der Waals surface area contributed by atoms with Gasteiger partial charge in [0.15, 0.2) is 6.10 Å². The maximum absolute atomic E-state index is 12.8. The van der Waals surface area contributed by atoms with Gasteiger partial charge in [0.05, 0.1) is 0 Å². The summed E-state index contributed by atoms with van der Waals surface area (Å²) in [5, 5.41) is 0. The highest BCUT2D eigenvalue weighted by atomic mass is 16.6. The van der Waals surface area contributed by atoms with Gasteiger partial charge in [0.25, 0.3) is 0 Å². The van der Waals surface area contributed by atoms with Crippen molar-refractivity contribution in [3.05, 3.63) is 36.5 Å². The van der Waals surface area contributed by atoms with E-state index in [1.165, 1.54) is 167 Å². The van der Waals surface area contributed by atoms with E-state index in [2.05, 4.69) is 57.2 Å². The van der Waals surface area contributed by atoms with E-state index in [9.17, 15) is 14.4 Å². The number of ether oxygens (including phenoxy) is 3. The molecule has 0 radical (unpaired) electrons. The second kappa shape index (κ2) is 52.3. The molecule has 0 aromatic carbocycles. The Morgan fingerprint density at radius 3 is 0.937 bits per heavy atom. The van der Waals surface area contributed by atoms with Gasteiger partial charge in [0.1, 0.15) is 13.2 Å². The van der Waals surface area contributed by atoms with Gasteiger partial charge in [-0.05, 0) is 77.0 Å². The Morgan fingerprint density at radius 1 is 0.317 bits per heavy atom. The minimum atomic E-state index is -0.777. The van der Waals surface area contributed by atoms with E-state index in [4.69, 9.17) is 14.2 Å². The second-order valence-electron chi connectivity index (χ2n) is 18.5. The molecule has 0 aliphatic rings. The summed E-state index contributed by atoms with van der Waals surface area (Å²) in [6, 6.07) is 0. The van der Waals surface area contributed by atoms with Crippen molar-refractivity contribution < 1.29 is 28.6 Å². The average Bonchev–Trinajstić information content (AvgIpc) is 3.28. The number of unbranched alkanes of at least 4 members (excludes halogenated alkanes) is 33. The van der Waals surface area contributed by atoms with Gasteiger partial charge < -0.3 is 14.2 Å².